The first-order valence-corrected chi connectivity index (χ1v) is 7.02. The summed E-state index contributed by atoms with van der Waals surface area (Å²) in [6.07, 6.45) is 5.10. The van der Waals surface area contributed by atoms with E-state index >= 15 is 0 Å². The van der Waals surface area contributed by atoms with Crippen molar-refractivity contribution in [2.45, 2.75) is 52.0 Å². The standard InChI is InChI=1S/C14H23N3O2/c1-11(2)7-10-17(12-5-3-4-6-12)14(19)13(18)16-9-8-15/h11-12H,3-7,9-10H2,1-2H3,(H,16,18). The van der Waals surface area contributed by atoms with Gasteiger partial charge in [-0.1, -0.05) is 26.7 Å². The molecule has 0 aromatic rings. The fourth-order valence-corrected chi connectivity index (χ4v) is 2.39. The predicted octanol–water partition coefficient (Wildman–Crippen LogP) is 1.44. The van der Waals surface area contributed by atoms with E-state index in [1.165, 1.54) is 0 Å². The summed E-state index contributed by atoms with van der Waals surface area (Å²) in [4.78, 5) is 25.6. The Morgan fingerprint density at radius 1 is 1.37 bits per heavy atom. The van der Waals surface area contributed by atoms with E-state index in [2.05, 4.69) is 19.2 Å². The van der Waals surface area contributed by atoms with Crippen molar-refractivity contribution in [1.82, 2.24) is 10.2 Å². The zero-order valence-electron chi connectivity index (χ0n) is 11.8. The van der Waals surface area contributed by atoms with E-state index in [9.17, 15) is 9.59 Å². The van der Waals surface area contributed by atoms with Crippen molar-refractivity contribution in [1.29, 1.82) is 5.26 Å². The quantitative estimate of drug-likeness (QED) is 0.604. The van der Waals surface area contributed by atoms with Gasteiger partial charge in [-0.3, -0.25) is 9.59 Å². The molecule has 1 rings (SSSR count). The van der Waals surface area contributed by atoms with Gasteiger partial charge in [0.25, 0.3) is 0 Å². The third kappa shape index (κ3) is 4.90. The molecule has 1 saturated carbocycles. The Morgan fingerprint density at radius 2 is 2.00 bits per heavy atom. The first kappa shape index (κ1) is 15.5. The van der Waals surface area contributed by atoms with Crippen LogP contribution in [0.2, 0.25) is 0 Å². The Kier molecular flexibility index (Phi) is 6.34. The Hall–Kier alpha value is -1.57. The van der Waals surface area contributed by atoms with Crippen LogP contribution in [0, 0.1) is 17.2 Å². The second kappa shape index (κ2) is 7.78. The summed E-state index contributed by atoms with van der Waals surface area (Å²) in [5.74, 6) is -0.640. The molecule has 5 heteroatoms. The van der Waals surface area contributed by atoms with Crippen molar-refractivity contribution in [2.75, 3.05) is 13.1 Å². The number of amides is 2. The summed E-state index contributed by atoms with van der Waals surface area (Å²) in [6, 6.07) is 2.00. The van der Waals surface area contributed by atoms with Gasteiger partial charge < -0.3 is 10.2 Å². The number of carbonyl (C=O) groups is 2. The lowest BCUT2D eigenvalue weighted by Gasteiger charge is -2.29. The maximum Gasteiger partial charge on any atom is 0.312 e. The summed E-state index contributed by atoms with van der Waals surface area (Å²) < 4.78 is 0. The first-order valence-electron chi connectivity index (χ1n) is 7.02. The molecule has 5 nitrogen and oxygen atoms in total. The van der Waals surface area contributed by atoms with E-state index < -0.39 is 11.8 Å². The number of hydrogen-bond acceptors (Lipinski definition) is 3. The number of hydrogen-bond donors (Lipinski definition) is 1. The molecule has 1 aliphatic rings. The Morgan fingerprint density at radius 3 is 2.53 bits per heavy atom. The molecule has 0 atom stereocenters. The van der Waals surface area contributed by atoms with Gasteiger partial charge in [0.15, 0.2) is 0 Å². The third-order valence-electron chi connectivity index (χ3n) is 3.50. The van der Waals surface area contributed by atoms with Gasteiger partial charge in [-0.2, -0.15) is 5.26 Å². The van der Waals surface area contributed by atoms with Crippen LogP contribution >= 0.6 is 0 Å². The first-order chi connectivity index (χ1) is 9.06. The van der Waals surface area contributed by atoms with Crippen LogP contribution in [0.4, 0.5) is 0 Å². The SMILES string of the molecule is CC(C)CCN(C(=O)C(=O)NCC#N)C1CCCC1. The summed E-state index contributed by atoms with van der Waals surface area (Å²) >= 11 is 0. The second-order valence-corrected chi connectivity index (χ2v) is 5.46. The second-order valence-electron chi connectivity index (χ2n) is 5.46. The topological polar surface area (TPSA) is 73.2 Å². The zero-order valence-corrected chi connectivity index (χ0v) is 11.8. The van der Waals surface area contributed by atoms with Crippen LogP contribution in [0.25, 0.3) is 0 Å². The molecule has 0 heterocycles. The molecule has 1 N–H and O–H groups in total. The molecule has 0 aromatic heterocycles. The van der Waals surface area contributed by atoms with E-state index in [0.717, 1.165) is 32.1 Å². The molecule has 2 amide bonds. The minimum absolute atomic E-state index is 0.118. The number of rotatable bonds is 5. The van der Waals surface area contributed by atoms with Crippen molar-refractivity contribution in [3.63, 3.8) is 0 Å². The Balaban J connectivity index is 2.63. The molecular weight excluding hydrogens is 242 g/mol. The van der Waals surface area contributed by atoms with E-state index in [0.29, 0.717) is 12.5 Å². The normalized spacial score (nSPS) is 15.3. The minimum atomic E-state index is -0.655. The van der Waals surface area contributed by atoms with Gasteiger partial charge in [-0.15, -0.1) is 0 Å². The average Bonchev–Trinajstić information content (AvgIpc) is 2.89. The third-order valence-corrected chi connectivity index (χ3v) is 3.50. The molecule has 1 aliphatic carbocycles. The average molecular weight is 265 g/mol. The van der Waals surface area contributed by atoms with Gasteiger partial charge in [0.05, 0.1) is 6.07 Å². The molecule has 0 spiro atoms. The van der Waals surface area contributed by atoms with Crippen molar-refractivity contribution in [3.05, 3.63) is 0 Å². The van der Waals surface area contributed by atoms with E-state index in [-0.39, 0.29) is 12.6 Å². The van der Waals surface area contributed by atoms with Crippen molar-refractivity contribution in [3.8, 4) is 6.07 Å². The fourth-order valence-electron chi connectivity index (χ4n) is 2.39. The van der Waals surface area contributed by atoms with Gasteiger partial charge in [0.2, 0.25) is 0 Å². The summed E-state index contributed by atoms with van der Waals surface area (Å²) in [7, 11) is 0. The van der Waals surface area contributed by atoms with Crippen LogP contribution in [-0.2, 0) is 9.59 Å². The molecule has 0 unspecified atom stereocenters. The van der Waals surface area contributed by atoms with Gasteiger partial charge in [0.1, 0.15) is 6.54 Å². The van der Waals surface area contributed by atoms with Gasteiger partial charge in [0, 0.05) is 12.6 Å². The van der Waals surface area contributed by atoms with E-state index in [4.69, 9.17) is 5.26 Å². The predicted molar refractivity (Wildman–Crippen MR) is 72.0 cm³/mol. The van der Waals surface area contributed by atoms with Crippen molar-refractivity contribution < 1.29 is 9.59 Å². The monoisotopic (exact) mass is 265 g/mol. The molecule has 0 aromatic carbocycles. The minimum Gasteiger partial charge on any atom is -0.335 e. The lowest BCUT2D eigenvalue weighted by molar-refractivity contribution is -0.147. The lowest BCUT2D eigenvalue weighted by Crippen LogP contribution is -2.47. The summed E-state index contributed by atoms with van der Waals surface area (Å²) in [6.45, 7) is 4.72. The molecule has 0 bridgehead atoms. The molecule has 1 fully saturated rings. The largest absolute Gasteiger partial charge is 0.335 e. The number of nitrogens with one attached hydrogen (secondary N) is 1. The maximum absolute atomic E-state index is 12.2. The molecule has 0 radical (unpaired) electrons. The Bertz CT molecular complexity index is 354. The smallest absolute Gasteiger partial charge is 0.312 e. The maximum atomic E-state index is 12.2. The zero-order chi connectivity index (χ0) is 14.3. The van der Waals surface area contributed by atoms with E-state index in [1.807, 2.05) is 6.07 Å². The molecule has 19 heavy (non-hydrogen) atoms. The van der Waals surface area contributed by atoms with Gasteiger partial charge >= 0.3 is 11.8 Å². The molecule has 0 aliphatic heterocycles. The highest BCUT2D eigenvalue weighted by atomic mass is 16.2. The highest BCUT2D eigenvalue weighted by Crippen LogP contribution is 2.24. The van der Waals surface area contributed by atoms with Crippen LogP contribution < -0.4 is 5.32 Å². The molecule has 106 valence electrons. The molecular formula is C14H23N3O2. The Labute approximate surface area is 115 Å². The number of nitrogens with zero attached hydrogens (tertiary/aromatic N) is 2. The number of nitriles is 1. The van der Waals surface area contributed by atoms with Gasteiger partial charge in [-0.25, -0.2) is 0 Å². The van der Waals surface area contributed by atoms with Gasteiger partial charge in [-0.05, 0) is 25.2 Å². The van der Waals surface area contributed by atoms with Crippen LogP contribution in [-0.4, -0.2) is 35.8 Å². The fraction of sp³-hybridized carbons (Fsp3) is 0.786. The highest BCUT2D eigenvalue weighted by Gasteiger charge is 2.30. The van der Waals surface area contributed by atoms with Crippen LogP contribution in [0.1, 0.15) is 46.0 Å². The van der Waals surface area contributed by atoms with Crippen LogP contribution in [0.5, 0.6) is 0 Å². The van der Waals surface area contributed by atoms with Crippen LogP contribution in [0.15, 0.2) is 0 Å². The lowest BCUT2D eigenvalue weighted by atomic mass is 10.1. The van der Waals surface area contributed by atoms with E-state index in [1.54, 1.807) is 4.90 Å². The highest BCUT2D eigenvalue weighted by molar-refractivity contribution is 6.35. The van der Waals surface area contributed by atoms with Crippen molar-refractivity contribution in [2.24, 2.45) is 5.92 Å². The summed E-state index contributed by atoms with van der Waals surface area (Å²) in [5, 5.41) is 10.8. The summed E-state index contributed by atoms with van der Waals surface area (Å²) in [5.41, 5.74) is 0. The molecule has 0 saturated heterocycles. The van der Waals surface area contributed by atoms with Crippen molar-refractivity contribution >= 4 is 11.8 Å². The van der Waals surface area contributed by atoms with Crippen LogP contribution in [0.3, 0.4) is 0 Å². The number of carbonyl (C=O) groups excluding carboxylic acids is 2.